The molecule has 23 heavy (non-hydrogen) atoms. The van der Waals surface area contributed by atoms with Crippen LogP contribution in [0.4, 0.5) is 0 Å². The van der Waals surface area contributed by atoms with Gasteiger partial charge in [-0.15, -0.1) is 5.10 Å². The van der Waals surface area contributed by atoms with E-state index in [9.17, 15) is 8.42 Å². The zero-order chi connectivity index (χ0) is 16.1. The zero-order valence-corrected chi connectivity index (χ0v) is 12.7. The van der Waals surface area contributed by atoms with E-state index in [1.54, 1.807) is 30.3 Å². The third-order valence-corrected chi connectivity index (χ3v) is 3.76. The molecule has 0 saturated carbocycles. The first kappa shape index (κ1) is 14.9. The molecule has 0 saturated heterocycles. The molecule has 0 amide bonds. The topological polar surface area (TPSA) is 87.0 Å². The van der Waals surface area contributed by atoms with Gasteiger partial charge in [0.25, 0.3) is 0 Å². The lowest BCUT2D eigenvalue weighted by Gasteiger charge is -2.05. The SMILES string of the molecule is O=S(=O)(/C=C/c1ccccc1)Oc1cccc(-n2cnnn2)c1. The summed E-state index contributed by atoms with van der Waals surface area (Å²) < 4.78 is 30.5. The molecular weight excluding hydrogens is 316 g/mol. The maximum absolute atomic E-state index is 12.0. The molecule has 3 aromatic rings. The number of nitrogens with zero attached hydrogens (tertiary/aromatic N) is 4. The largest absolute Gasteiger partial charge is 0.379 e. The summed E-state index contributed by atoms with van der Waals surface area (Å²) in [5.74, 6) is 0.177. The molecule has 1 heterocycles. The molecule has 3 rings (SSSR count). The van der Waals surface area contributed by atoms with E-state index in [4.69, 9.17) is 4.18 Å². The average Bonchev–Trinajstić information content (AvgIpc) is 3.08. The lowest BCUT2D eigenvalue weighted by atomic mass is 10.2. The van der Waals surface area contributed by atoms with Gasteiger partial charge in [0.1, 0.15) is 12.1 Å². The summed E-state index contributed by atoms with van der Waals surface area (Å²) in [4.78, 5) is 0. The predicted molar refractivity (Wildman–Crippen MR) is 84.2 cm³/mol. The average molecular weight is 328 g/mol. The molecule has 2 aromatic carbocycles. The third-order valence-electron chi connectivity index (χ3n) is 2.87. The van der Waals surface area contributed by atoms with Crippen LogP contribution >= 0.6 is 0 Å². The molecule has 0 fully saturated rings. The Labute approximate surface area is 133 Å². The first-order chi connectivity index (χ1) is 11.1. The fourth-order valence-electron chi connectivity index (χ4n) is 1.85. The van der Waals surface area contributed by atoms with Crippen molar-refractivity contribution in [2.75, 3.05) is 0 Å². The fraction of sp³-hybridized carbons (Fsp3) is 0. The number of hydrogen-bond donors (Lipinski definition) is 0. The molecule has 0 N–H and O–H groups in total. The van der Waals surface area contributed by atoms with Gasteiger partial charge in [0, 0.05) is 6.07 Å². The Morgan fingerprint density at radius 2 is 1.87 bits per heavy atom. The smallest absolute Gasteiger partial charge is 0.332 e. The molecule has 0 spiro atoms. The van der Waals surface area contributed by atoms with E-state index in [-0.39, 0.29) is 5.75 Å². The molecule has 0 unspecified atom stereocenters. The summed E-state index contributed by atoms with van der Waals surface area (Å²) in [5.41, 5.74) is 1.36. The lowest BCUT2D eigenvalue weighted by Crippen LogP contribution is -2.05. The van der Waals surface area contributed by atoms with E-state index in [0.717, 1.165) is 11.0 Å². The van der Waals surface area contributed by atoms with Gasteiger partial charge in [-0.2, -0.15) is 8.42 Å². The van der Waals surface area contributed by atoms with Gasteiger partial charge in [0.05, 0.1) is 11.1 Å². The molecular formula is C15H12N4O3S. The van der Waals surface area contributed by atoms with Gasteiger partial charge >= 0.3 is 10.1 Å². The Bertz CT molecular complexity index is 907. The van der Waals surface area contributed by atoms with Gasteiger partial charge < -0.3 is 4.18 Å². The van der Waals surface area contributed by atoms with Crippen LogP contribution in [0, 0.1) is 0 Å². The Morgan fingerprint density at radius 1 is 1.04 bits per heavy atom. The van der Waals surface area contributed by atoms with Crippen molar-refractivity contribution in [3.05, 3.63) is 71.9 Å². The Kier molecular flexibility index (Phi) is 4.15. The van der Waals surface area contributed by atoms with Gasteiger partial charge in [-0.05, 0) is 34.2 Å². The normalized spacial score (nSPS) is 11.7. The zero-order valence-electron chi connectivity index (χ0n) is 11.9. The molecule has 0 bridgehead atoms. The van der Waals surface area contributed by atoms with Crippen LogP contribution in [-0.4, -0.2) is 28.6 Å². The first-order valence-corrected chi connectivity index (χ1v) is 8.11. The second kappa shape index (κ2) is 6.41. The van der Waals surface area contributed by atoms with Crippen LogP contribution in [0.25, 0.3) is 11.8 Å². The molecule has 1 aromatic heterocycles. The third kappa shape index (κ3) is 4.01. The number of benzene rings is 2. The minimum absolute atomic E-state index is 0.177. The second-order valence-corrected chi connectivity index (χ2v) is 5.97. The Hall–Kier alpha value is -3.00. The van der Waals surface area contributed by atoms with E-state index in [1.807, 2.05) is 18.2 Å². The van der Waals surface area contributed by atoms with Crippen molar-refractivity contribution in [3.63, 3.8) is 0 Å². The van der Waals surface area contributed by atoms with Crippen molar-refractivity contribution in [3.8, 4) is 11.4 Å². The van der Waals surface area contributed by atoms with Gasteiger partial charge in [-0.3, -0.25) is 0 Å². The van der Waals surface area contributed by atoms with Crippen molar-refractivity contribution in [1.82, 2.24) is 20.2 Å². The fourth-order valence-corrected chi connectivity index (χ4v) is 2.60. The molecule has 0 radical (unpaired) electrons. The Morgan fingerprint density at radius 3 is 2.61 bits per heavy atom. The maximum atomic E-state index is 12.0. The molecule has 8 heteroatoms. The number of aromatic nitrogens is 4. The van der Waals surface area contributed by atoms with Crippen molar-refractivity contribution < 1.29 is 12.6 Å². The molecule has 0 aliphatic carbocycles. The summed E-state index contributed by atoms with van der Waals surface area (Å²) in [5, 5.41) is 11.8. The first-order valence-electron chi connectivity index (χ1n) is 6.63. The van der Waals surface area contributed by atoms with E-state index in [2.05, 4.69) is 15.5 Å². The highest BCUT2D eigenvalue weighted by Crippen LogP contribution is 2.18. The quantitative estimate of drug-likeness (QED) is 0.666. The van der Waals surface area contributed by atoms with Gasteiger partial charge in [-0.1, -0.05) is 36.4 Å². The standard InChI is InChI=1S/C15H12N4O3S/c20-23(21,10-9-13-5-2-1-3-6-13)22-15-8-4-7-14(11-15)19-12-16-17-18-19/h1-12H/b10-9+. The van der Waals surface area contributed by atoms with Crippen molar-refractivity contribution in [2.24, 2.45) is 0 Å². The highest BCUT2D eigenvalue weighted by atomic mass is 32.2. The van der Waals surface area contributed by atoms with Crippen LogP contribution < -0.4 is 4.18 Å². The van der Waals surface area contributed by atoms with E-state index < -0.39 is 10.1 Å². The summed E-state index contributed by atoms with van der Waals surface area (Å²) in [7, 11) is -3.86. The minimum Gasteiger partial charge on any atom is -0.379 e. The highest BCUT2D eigenvalue weighted by Gasteiger charge is 2.09. The van der Waals surface area contributed by atoms with Crippen molar-refractivity contribution in [2.45, 2.75) is 0 Å². The number of tetrazole rings is 1. The summed E-state index contributed by atoms with van der Waals surface area (Å²) in [6.07, 6.45) is 2.88. The summed E-state index contributed by atoms with van der Waals surface area (Å²) in [6.45, 7) is 0. The maximum Gasteiger partial charge on any atom is 0.332 e. The van der Waals surface area contributed by atoms with Crippen molar-refractivity contribution in [1.29, 1.82) is 0 Å². The number of hydrogen-bond acceptors (Lipinski definition) is 6. The molecule has 0 aliphatic rings. The molecule has 0 aliphatic heterocycles. The van der Waals surface area contributed by atoms with Gasteiger partial charge in [0.2, 0.25) is 0 Å². The van der Waals surface area contributed by atoms with Crippen LogP contribution in [-0.2, 0) is 10.1 Å². The summed E-state index contributed by atoms with van der Waals surface area (Å²) in [6, 6.07) is 15.6. The van der Waals surface area contributed by atoms with Gasteiger partial charge in [0.15, 0.2) is 0 Å². The molecule has 0 atom stereocenters. The summed E-state index contributed by atoms with van der Waals surface area (Å²) >= 11 is 0. The highest BCUT2D eigenvalue weighted by molar-refractivity contribution is 7.90. The lowest BCUT2D eigenvalue weighted by molar-refractivity contribution is 0.496. The number of rotatable bonds is 5. The van der Waals surface area contributed by atoms with E-state index in [1.165, 1.54) is 23.2 Å². The predicted octanol–water partition coefficient (Wildman–Crippen LogP) is 2.04. The van der Waals surface area contributed by atoms with Crippen molar-refractivity contribution >= 4 is 16.2 Å². The molecule has 116 valence electrons. The van der Waals surface area contributed by atoms with Crippen LogP contribution in [0.5, 0.6) is 5.75 Å². The molecule has 7 nitrogen and oxygen atoms in total. The van der Waals surface area contributed by atoms with Crippen LogP contribution in [0.2, 0.25) is 0 Å². The van der Waals surface area contributed by atoms with Gasteiger partial charge in [-0.25, -0.2) is 4.68 Å². The monoisotopic (exact) mass is 328 g/mol. The van der Waals surface area contributed by atoms with E-state index in [0.29, 0.717) is 5.69 Å². The van der Waals surface area contributed by atoms with Crippen LogP contribution in [0.15, 0.2) is 66.3 Å². The Balaban J connectivity index is 1.78. The van der Waals surface area contributed by atoms with E-state index >= 15 is 0 Å². The second-order valence-electron chi connectivity index (χ2n) is 4.54. The van der Waals surface area contributed by atoms with Crippen LogP contribution in [0.3, 0.4) is 0 Å². The minimum atomic E-state index is -3.86. The van der Waals surface area contributed by atoms with Crippen LogP contribution in [0.1, 0.15) is 5.56 Å².